The maximum Gasteiger partial charge on any atom is 0.242 e. The second-order valence-electron chi connectivity index (χ2n) is 10.4. The molecule has 0 aliphatic carbocycles. The fraction of sp³-hybridized carbons (Fsp3) is 0.464. The summed E-state index contributed by atoms with van der Waals surface area (Å²) in [6, 6.07) is 16.5. The molecule has 0 spiro atoms. The van der Waals surface area contributed by atoms with Crippen LogP contribution >= 0.6 is 0 Å². The van der Waals surface area contributed by atoms with E-state index >= 15 is 0 Å². The molecule has 2 amide bonds. The molecule has 0 aromatic heterocycles. The van der Waals surface area contributed by atoms with Crippen LogP contribution in [0.3, 0.4) is 0 Å². The van der Waals surface area contributed by atoms with Gasteiger partial charge in [-0.15, -0.1) is 5.10 Å². The lowest BCUT2D eigenvalue weighted by atomic mass is 9.96. The Bertz CT molecular complexity index is 1250. The van der Waals surface area contributed by atoms with Crippen molar-refractivity contribution >= 4 is 28.2 Å². The largest absolute Gasteiger partial charge is 0.368 e. The number of nitrogens with one attached hydrogen (secondary N) is 1. The van der Waals surface area contributed by atoms with Crippen LogP contribution in [0.15, 0.2) is 65.8 Å². The summed E-state index contributed by atoms with van der Waals surface area (Å²) >= 11 is 0. The van der Waals surface area contributed by atoms with E-state index in [1.807, 2.05) is 41.3 Å². The number of primary amides is 1. The molecular formula is C28H38N6O5S. The van der Waals surface area contributed by atoms with Gasteiger partial charge in [-0.05, 0) is 49.1 Å². The van der Waals surface area contributed by atoms with Crippen LogP contribution in [0.5, 0.6) is 0 Å². The highest BCUT2D eigenvalue weighted by atomic mass is 32.2. The third-order valence-corrected chi connectivity index (χ3v) is 9.50. The van der Waals surface area contributed by atoms with Crippen LogP contribution in [-0.4, -0.2) is 84.1 Å². The van der Waals surface area contributed by atoms with Crippen molar-refractivity contribution in [2.45, 2.75) is 49.9 Å². The quantitative estimate of drug-likeness (QED) is 0.199. The lowest BCUT2D eigenvalue weighted by molar-refractivity contribution is -0.140. The average Bonchev–Trinajstić information content (AvgIpc) is 3.45. The fourth-order valence-corrected chi connectivity index (χ4v) is 7.35. The Morgan fingerprint density at radius 1 is 1.02 bits per heavy atom. The molecule has 2 fully saturated rings. The number of sulfonamides is 1. The average molecular weight is 571 g/mol. The van der Waals surface area contributed by atoms with Crippen molar-refractivity contribution in [3.8, 4) is 0 Å². The molecule has 2 aromatic rings. The third-order valence-electron chi connectivity index (χ3n) is 7.68. The summed E-state index contributed by atoms with van der Waals surface area (Å²) in [5.74, 6) is -1.19. The summed E-state index contributed by atoms with van der Waals surface area (Å²) < 4.78 is 29.7. The molecule has 12 heteroatoms. The Morgan fingerprint density at radius 3 is 2.25 bits per heavy atom. The van der Waals surface area contributed by atoms with E-state index in [0.29, 0.717) is 50.9 Å². The summed E-state index contributed by atoms with van der Waals surface area (Å²) in [6.07, 6.45) is 4.18. The molecule has 0 bridgehead atoms. The minimum atomic E-state index is -3.95. The monoisotopic (exact) mass is 570 g/mol. The van der Waals surface area contributed by atoms with Crippen molar-refractivity contribution in [2.75, 3.05) is 26.2 Å². The van der Waals surface area contributed by atoms with E-state index in [-0.39, 0.29) is 30.5 Å². The zero-order chi connectivity index (χ0) is 28.5. The zero-order valence-corrected chi connectivity index (χ0v) is 23.3. The van der Waals surface area contributed by atoms with Gasteiger partial charge in [0.25, 0.3) is 0 Å². The zero-order valence-electron chi connectivity index (χ0n) is 22.5. The second kappa shape index (κ2) is 13.7. The summed E-state index contributed by atoms with van der Waals surface area (Å²) in [5, 5.41) is 12.4. The number of carbonyl (C=O) groups excluding carboxylic acids is 2. The number of hydrazone groups is 1. The van der Waals surface area contributed by atoms with Crippen LogP contribution in [0, 0.1) is 5.92 Å². The predicted molar refractivity (Wildman–Crippen MR) is 151 cm³/mol. The topological polar surface area (TPSA) is 149 Å². The molecule has 2 saturated heterocycles. The molecule has 0 unspecified atom stereocenters. The molecule has 0 radical (unpaired) electrons. The molecule has 40 heavy (non-hydrogen) atoms. The standard InChI is InChI=1S/C28H38N6O5S/c29-27(35)25-12-7-15-33(25)28(36)26(18-22-8-3-1-4-9-22)34(40(38,39)20-24-10-5-2-6-11-24)19-23-13-16-32(17-14-23)21-30-31-37/h1-6,8-11,21,23,25-26,31,37H,7,12-20H2,(H2,29,35)/t25-,26+/m0/s1. The van der Waals surface area contributed by atoms with Crippen LogP contribution in [0.25, 0.3) is 0 Å². The van der Waals surface area contributed by atoms with Crippen LogP contribution in [0.2, 0.25) is 0 Å². The molecule has 2 heterocycles. The maximum atomic E-state index is 14.2. The number of piperidine rings is 1. The van der Waals surface area contributed by atoms with Gasteiger partial charge in [0.05, 0.1) is 5.75 Å². The van der Waals surface area contributed by atoms with E-state index in [9.17, 15) is 18.0 Å². The Hall–Kier alpha value is -3.48. The number of benzene rings is 2. The first-order valence-electron chi connectivity index (χ1n) is 13.6. The fourth-order valence-electron chi connectivity index (χ4n) is 5.58. The molecule has 2 aromatic carbocycles. The van der Waals surface area contributed by atoms with Gasteiger partial charge in [0.2, 0.25) is 21.8 Å². The van der Waals surface area contributed by atoms with Crippen LogP contribution in [-0.2, 0) is 31.8 Å². The SMILES string of the molecule is NC(=O)[C@@H]1CCCN1C(=O)[C@@H](Cc1ccccc1)N(CC1CCN(C=NNO)CC1)S(=O)(=O)Cc1ccccc1. The number of rotatable bonds is 12. The van der Waals surface area contributed by atoms with Gasteiger partial charge in [0, 0.05) is 26.2 Å². The molecule has 11 nitrogen and oxygen atoms in total. The summed E-state index contributed by atoms with van der Waals surface area (Å²) in [6.45, 7) is 1.81. The van der Waals surface area contributed by atoms with Crippen molar-refractivity contribution in [3.05, 3.63) is 71.8 Å². The normalized spacial score (nSPS) is 19.3. The van der Waals surface area contributed by atoms with Crippen LogP contribution < -0.4 is 11.3 Å². The highest BCUT2D eigenvalue weighted by Gasteiger charge is 2.42. The molecule has 4 N–H and O–H groups in total. The highest BCUT2D eigenvalue weighted by Crippen LogP contribution is 2.27. The van der Waals surface area contributed by atoms with Crippen molar-refractivity contribution in [2.24, 2.45) is 16.8 Å². The smallest absolute Gasteiger partial charge is 0.242 e. The second-order valence-corrected chi connectivity index (χ2v) is 12.4. The number of hydrogen-bond donors (Lipinski definition) is 3. The number of amides is 2. The van der Waals surface area contributed by atoms with Crippen LogP contribution in [0.4, 0.5) is 0 Å². The highest BCUT2D eigenvalue weighted by molar-refractivity contribution is 7.88. The van der Waals surface area contributed by atoms with E-state index in [1.54, 1.807) is 29.9 Å². The lowest BCUT2D eigenvalue weighted by Gasteiger charge is -2.38. The van der Waals surface area contributed by atoms with Gasteiger partial charge in [-0.1, -0.05) is 60.7 Å². The van der Waals surface area contributed by atoms with E-state index in [2.05, 4.69) is 5.10 Å². The molecule has 2 atom stereocenters. The molecule has 2 aliphatic rings. The van der Waals surface area contributed by atoms with Gasteiger partial charge in [0.1, 0.15) is 18.4 Å². The summed E-state index contributed by atoms with van der Waals surface area (Å²) in [5.41, 5.74) is 8.86. The molecular weight excluding hydrogens is 532 g/mol. The van der Waals surface area contributed by atoms with E-state index in [4.69, 9.17) is 10.9 Å². The van der Waals surface area contributed by atoms with Crippen molar-refractivity contribution < 1.29 is 23.2 Å². The molecule has 4 rings (SSSR count). The van der Waals surface area contributed by atoms with E-state index in [1.165, 1.54) is 15.5 Å². The minimum Gasteiger partial charge on any atom is -0.368 e. The van der Waals surface area contributed by atoms with Gasteiger partial charge >= 0.3 is 0 Å². The van der Waals surface area contributed by atoms with E-state index in [0.717, 1.165) is 5.56 Å². The van der Waals surface area contributed by atoms with Gasteiger partial charge in [-0.2, -0.15) is 9.89 Å². The van der Waals surface area contributed by atoms with Gasteiger partial charge < -0.3 is 15.5 Å². The molecule has 2 aliphatic heterocycles. The predicted octanol–water partition coefficient (Wildman–Crippen LogP) is 1.54. The number of nitrogens with zero attached hydrogens (tertiary/aromatic N) is 4. The van der Waals surface area contributed by atoms with Crippen molar-refractivity contribution in [1.29, 1.82) is 0 Å². The number of nitrogens with two attached hydrogens (primary N) is 1. The summed E-state index contributed by atoms with van der Waals surface area (Å²) in [7, 11) is -3.95. The Labute approximate surface area is 235 Å². The van der Waals surface area contributed by atoms with E-state index < -0.39 is 28.0 Å². The van der Waals surface area contributed by atoms with Crippen LogP contribution in [0.1, 0.15) is 36.8 Å². The first-order valence-corrected chi connectivity index (χ1v) is 15.2. The van der Waals surface area contributed by atoms with Crippen molar-refractivity contribution in [3.63, 3.8) is 0 Å². The maximum absolute atomic E-state index is 14.2. The first-order chi connectivity index (χ1) is 19.3. The number of hydrogen-bond acceptors (Lipinski definition) is 7. The Morgan fingerprint density at radius 2 is 1.65 bits per heavy atom. The Balaban J connectivity index is 1.68. The summed E-state index contributed by atoms with van der Waals surface area (Å²) in [4.78, 5) is 29.8. The van der Waals surface area contributed by atoms with Gasteiger partial charge in [-0.3, -0.25) is 14.8 Å². The first kappa shape index (κ1) is 29.5. The number of likely N-dealkylation sites (tertiary alicyclic amines) is 2. The lowest BCUT2D eigenvalue weighted by Crippen LogP contribution is -2.56. The van der Waals surface area contributed by atoms with Gasteiger partial charge in [0.15, 0.2) is 0 Å². The van der Waals surface area contributed by atoms with Crippen molar-refractivity contribution in [1.82, 2.24) is 19.7 Å². The molecule has 216 valence electrons. The minimum absolute atomic E-state index is 0.00822. The Kier molecular flexibility index (Phi) is 10.1. The third kappa shape index (κ3) is 7.58. The van der Waals surface area contributed by atoms with Gasteiger partial charge in [-0.25, -0.2) is 8.42 Å². The molecule has 0 saturated carbocycles. The number of carbonyl (C=O) groups is 2.